The van der Waals surface area contributed by atoms with Crippen LogP contribution >= 0.6 is 0 Å². The summed E-state index contributed by atoms with van der Waals surface area (Å²) in [6.45, 7) is 83.1. The Morgan fingerprint density at radius 3 is 0.720 bits per heavy atom. The molecule has 1 aromatic carbocycles. The van der Waals surface area contributed by atoms with E-state index in [-0.39, 0.29) is 51.8 Å². The molecule has 0 heterocycles. The first kappa shape index (κ1) is 80.0. The molecule has 82 heavy (non-hydrogen) atoms. The molecule has 3 fully saturated rings. The van der Waals surface area contributed by atoms with Gasteiger partial charge in [-0.25, -0.2) is 0 Å². The van der Waals surface area contributed by atoms with Crippen LogP contribution in [0.4, 0.5) is 0 Å². The standard InChI is InChI=1S/C14H22.2C13H24O.C13H26.2C13H24.CH4/c1-13(2,3)11-9-7-8-10-12(11)14(4,5)6;2*1-12(2,3)9-7-8-10(14)11(9)13(4,5)6;3*1-12(2,3)10-8-7-9-11(10)13(4,5)6;/h7-10H,1-6H3;2*9,11H,7-8H2,1-6H3;10-11H,7-9H2,1-6H3;2*7-8,10-11H,9H2,1-6H3;1H4. The van der Waals surface area contributed by atoms with Gasteiger partial charge in [-0.2, -0.15) is 0 Å². The Hall–Kier alpha value is -1.96. The van der Waals surface area contributed by atoms with Crippen LogP contribution in [-0.4, -0.2) is 11.6 Å². The number of ketones is 2. The molecule has 0 radical (unpaired) electrons. The van der Waals surface area contributed by atoms with Crippen LogP contribution in [0, 0.1) is 113 Å². The van der Waals surface area contributed by atoms with Crippen molar-refractivity contribution in [3.63, 3.8) is 0 Å². The van der Waals surface area contributed by atoms with Crippen molar-refractivity contribution in [2.45, 2.75) is 325 Å². The van der Waals surface area contributed by atoms with Crippen LogP contribution in [0.25, 0.3) is 0 Å². The fourth-order valence-corrected chi connectivity index (χ4v) is 15.4. The summed E-state index contributed by atoms with van der Waals surface area (Å²) < 4.78 is 0. The monoisotopic (exact) mass is 1140 g/mol. The smallest absolute Gasteiger partial charge is 0.136 e. The predicted octanol–water partition coefficient (Wildman–Crippen LogP) is 25.3. The normalized spacial score (nSPS) is 26.7. The Labute approximate surface area is 516 Å². The van der Waals surface area contributed by atoms with Crippen molar-refractivity contribution in [3.05, 3.63) is 59.7 Å². The van der Waals surface area contributed by atoms with Gasteiger partial charge in [-0.05, 0) is 162 Å². The first-order chi connectivity index (χ1) is 35.7. The van der Waals surface area contributed by atoms with Gasteiger partial charge in [-0.1, -0.05) is 312 Å². The molecule has 0 saturated heterocycles. The summed E-state index contributed by atoms with van der Waals surface area (Å²) in [6.07, 6.45) is 20.2. The Balaban J connectivity index is 0.000000958. The first-order valence-corrected chi connectivity index (χ1v) is 33.2. The molecular formula is C80H148O2. The van der Waals surface area contributed by atoms with E-state index in [4.69, 9.17) is 0 Å². The van der Waals surface area contributed by atoms with Crippen molar-refractivity contribution in [3.8, 4) is 0 Å². The number of allylic oxidation sites excluding steroid dienone is 4. The number of benzene rings is 1. The predicted molar refractivity (Wildman–Crippen MR) is 370 cm³/mol. The molecule has 10 atom stereocenters. The van der Waals surface area contributed by atoms with Crippen molar-refractivity contribution in [2.75, 3.05) is 0 Å². The quantitative estimate of drug-likeness (QED) is 0.243. The van der Waals surface area contributed by atoms with Crippen molar-refractivity contribution in [1.29, 1.82) is 0 Å². The first-order valence-electron chi connectivity index (χ1n) is 33.2. The average Bonchev–Trinajstić information content (AvgIpc) is 4.08. The largest absolute Gasteiger partial charge is 0.299 e. The molecule has 1 aromatic rings. The Morgan fingerprint density at radius 1 is 0.305 bits per heavy atom. The molecule has 0 aromatic heterocycles. The van der Waals surface area contributed by atoms with Crippen LogP contribution in [0.1, 0.15) is 326 Å². The minimum Gasteiger partial charge on any atom is -0.299 e. The van der Waals surface area contributed by atoms with Crippen LogP contribution in [0.5, 0.6) is 0 Å². The molecule has 2 nitrogen and oxygen atoms in total. The summed E-state index contributed by atoms with van der Waals surface area (Å²) in [5.41, 5.74) is 6.96. The van der Waals surface area contributed by atoms with Crippen LogP contribution in [-0.2, 0) is 20.4 Å². The number of Topliss-reactive ketones (excluding diaryl/α,β-unsaturated/α-hetero) is 2. The zero-order chi connectivity index (χ0) is 64.1. The molecule has 480 valence electrons. The number of rotatable bonds is 0. The van der Waals surface area contributed by atoms with Crippen molar-refractivity contribution >= 4 is 11.6 Å². The summed E-state index contributed by atoms with van der Waals surface area (Å²) in [5, 5.41) is 0. The van der Waals surface area contributed by atoms with Gasteiger partial charge in [0.05, 0.1) is 0 Å². The molecule has 5 aliphatic carbocycles. The Kier molecular flexibility index (Phi) is 28.2. The van der Waals surface area contributed by atoms with E-state index in [0.29, 0.717) is 55.9 Å². The topological polar surface area (TPSA) is 34.1 Å². The number of hydrogen-bond acceptors (Lipinski definition) is 2. The fourth-order valence-electron chi connectivity index (χ4n) is 15.4. The van der Waals surface area contributed by atoms with Crippen LogP contribution < -0.4 is 0 Å². The Bertz CT molecular complexity index is 1940. The highest BCUT2D eigenvalue weighted by atomic mass is 16.1. The van der Waals surface area contributed by atoms with E-state index in [9.17, 15) is 9.59 Å². The molecule has 0 bridgehead atoms. The van der Waals surface area contributed by atoms with Gasteiger partial charge in [0.2, 0.25) is 0 Å². The van der Waals surface area contributed by atoms with Gasteiger partial charge < -0.3 is 0 Å². The molecule has 0 amide bonds. The van der Waals surface area contributed by atoms with E-state index in [1.807, 2.05) is 0 Å². The van der Waals surface area contributed by atoms with Crippen LogP contribution in [0.2, 0.25) is 0 Å². The van der Waals surface area contributed by atoms with Gasteiger partial charge in [0, 0.05) is 24.7 Å². The molecular weight excluding hydrogens is 993 g/mol. The highest BCUT2D eigenvalue weighted by molar-refractivity contribution is 5.84. The van der Waals surface area contributed by atoms with Crippen LogP contribution in [0.15, 0.2) is 48.6 Å². The summed E-state index contributed by atoms with van der Waals surface area (Å²) in [7, 11) is 0. The summed E-state index contributed by atoms with van der Waals surface area (Å²) in [5.74, 6) is 7.67. The number of hydrogen-bond donors (Lipinski definition) is 0. The van der Waals surface area contributed by atoms with Gasteiger partial charge >= 0.3 is 0 Å². The molecule has 0 aliphatic heterocycles. The van der Waals surface area contributed by atoms with Gasteiger partial charge in [-0.3, -0.25) is 9.59 Å². The van der Waals surface area contributed by atoms with E-state index >= 15 is 0 Å². The summed E-state index contributed by atoms with van der Waals surface area (Å²) in [4.78, 5) is 23.8. The SMILES string of the molecule is C.CC(C)(C)C1C=CCC1C(C)(C)C.CC(C)(C)C1C=CCC1C(C)(C)C.CC(C)(C)C1CCC(=O)C1C(C)(C)C.CC(C)(C)C1CCC(=O)C1C(C)(C)C.CC(C)(C)C1CCCC1C(C)(C)C.CC(C)(C)c1ccccc1C(C)(C)C. The van der Waals surface area contributed by atoms with E-state index in [2.05, 4.69) is 298 Å². The molecule has 5 aliphatic rings. The van der Waals surface area contributed by atoms with Crippen LogP contribution in [0.3, 0.4) is 0 Å². The zero-order valence-electron chi connectivity index (χ0n) is 61.6. The van der Waals surface area contributed by atoms with Gasteiger partial charge in [-0.15, -0.1) is 0 Å². The lowest BCUT2D eigenvalue weighted by Crippen LogP contribution is -2.35. The maximum Gasteiger partial charge on any atom is 0.136 e. The number of carbonyl (C=O) groups is 2. The highest BCUT2D eigenvalue weighted by Crippen LogP contribution is 2.53. The summed E-state index contributed by atoms with van der Waals surface area (Å²) in [6, 6.07) is 8.77. The lowest BCUT2D eigenvalue weighted by atomic mass is 9.66. The molecule has 6 rings (SSSR count). The zero-order valence-corrected chi connectivity index (χ0v) is 61.6. The third kappa shape index (κ3) is 24.7. The van der Waals surface area contributed by atoms with Crippen molar-refractivity contribution in [2.24, 2.45) is 113 Å². The molecule has 10 unspecified atom stereocenters. The van der Waals surface area contributed by atoms with Gasteiger partial charge in [0.1, 0.15) is 11.6 Å². The lowest BCUT2D eigenvalue weighted by molar-refractivity contribution is -0.126. The minimum absolute atomic E-state index is 0. The van der Waals surface area contributed by atoms with E-state index in [1.165, 1.54) is 43.2 Å². The number of carbonyl (C=O) groups excluding carboxylic acids is 2. The molecule has 0 spiro atoms. The van der Waals surface area contributed by atoms with Crippen molar-refractivity contribution in [1.82, 2.24) is 0 Å². The minimum atomic E-state index is 0. The fraction of sp³-hybridized carbons (Fsp3) is 0.850. The summed E-state index contributed by atoms with van der Waals surface area (Å²) >= 11 is 0. The molecule has 0 N–H and O–H groups in total. The van der Waals surface area contributed by atoms with E-state index in [1.54, 1.807) is 0 Å². The van der Waals surface area contributed by atoms with Crippen molar-refractivity contribution < 1.29 is 9.59 Å². The maximum absolute atomic E-state index is 11.9. The Morgan fingerprint density at radius 2 is 0.549 bits per heavy atom. The third-order valence-corrected chi connectivity index (χ3v) is 19.8. The second-order valence-corrected chi connectivity index (χ2v) is 39.6. The molecule has 2 heteroatoms. The third-order valence-electron chi connectivity index (χ3n) is 19.8. The van der Waals surface area contributed by atoms with Gasteiger partial charge in [0.15, 0.2) is 0 Å². The lowest BCUT2D eigenvalue weighted by Gasteiger charge is -2.39. The van der Waals surface area contributed by atoms with E-state index < -0.39 is 0 Å². The second kappa shape index (κ2) is 28.9. The second-order valence-electron chi connectivity index (χ2n) is 39.6. The van der Waals surface area contributed by atoms with Gasteiger partial charge in [0.25, 0.3) is 0 Å². The molecule has 3 saturated carbocycles. The average molecular weight is 1140 g/mol. The van der Waals surface area contributed by atoms with E-state index in [0.717, 1.165) is 61.2 Å². The highest BCUT2D eigenvalue weighted by Gasteiger charge is 2.48. The maximum atomic E-state index is 11.9.